The fourth-order valence-electron chi connectivity index (χ4n) is 3.92. The highest BCUT2D eigenvalue weighted by Crippen LogP contribution is 2.36. The zero-order valence-electron chi connectivity index (χ0n) is 21.2. The van der Waals surface area contributed by atoms with Crippen LogP contribution in [0.4, 0.5) is 10.6 Å². The van der Waals surface area contributed by atoms with Crippen LogP contribution < -0.4 is 20.1 Å². The largest absolute Gasteiger partial charge is 0.507 e. The van der Waals surface area contributed by atoms with Crippen molar-refractivity contribution in [2.75, 3.05) is 25.6 Å². The summed E-state index contributed by atoms with van der Waals surface area (Å²) in [4.78, 5) is 28.6. The molecule has 3 rings (SSSR count). The van der Waals surface area contributed by atoms with Gasteiger partial charge in [0.25, 0.3) is 5.91 Å². The molecule has 1 fully saturated rings. The first-order valence-corrected chi connectivity index (χ1v) is 12.1. The van der Waals surface area contributed by atoms with E-state index in [1.54, 1.807) is 12.1 Å². The van der Waals surface area contributed by atoms with Gasteiger partial charge in [-0.2, -0.15) is 5.10 Å². The number of nitrogens with one attached hydrogen (secondary N) is 3. The Morgan fingerprint density at radius 1 is 1.31 bits per heavy atom. The molecule has 0 radical (unpaired) electrons. The first-order valence-electron chi connectivity index (χ1n) is 12.1. The zero-order valence-corrected chi connectivity index (χ0v) is 21.2. The number of alkyl carbamates (subject to hydrolysis) is 1. The highest BCUT2D eigenvalue weighted by molar-refractivity contribution is 5.92. The molecule has 1 saturated carbocycles. The SMILES string of the molecule is CCCN=Cc1c(O)cc(OC)cc1OCC(=O)Nc1cc(C2CC[C@@H](OC(=O)NC(C)C)C2)[nH]n1. The molecule has 1 aliphatic rings. The molecule has 1 aromatic heterocycles. The third kappa shape index (κ3) is 7.62. The third-order valence-electron chi connectivity index (χ3n) is 5.63. The van der Waals surface area contributed by atoms with Gasteiger partial charge in [-0.1, -0.05) is 6.92 Å². The van der Waals surface area contributed by atoms with Gasteiger partial charge in [0.15, 0.2) is 12.4 Å². The Kier molecular flexibility index (Phi) is 9.54. The van der Waals surface area contributed by atoms with E-state index < -0.39 is 12.0 Å². The summed E-state index contributed by atoms with van der Waals surface area (Å²) < 4.78 is 16.3. The number of H-pyrrole nitrogens is 1. The lowest BCUT2D eigenvalue weighted by Gasteiger charge is -2.14. The summed E-state index contributed by atoms with van der Waals surface area (Å²) in [7, 11) is 1.48. The average molecular weight is 502 g/mol. The summed E-state index contributed by atoms with van der Waals surface area (Å²) in [6, 6.07) is 4.85. The summed E-state index contributed by atoms with van der Waals surface area (Å²) >= 11 is 0. The second kappa shape index (κ2) is 12.8. The fourth-order valence-corrected chi connectivity index (χ4v) is 3.92. The summed E-state index contributed by atoms with van der Waals surface area (Å²) in [5, 5.41) is 22.9. The molecular weight excluding hydrogens is 466 g/mol. The fraction of sp³-hybridized carbons (Fsp3) is 0.520. The number of carbonyl (C=O) groups is 2. The molecule has 0 bridgehead atoms. The van der Waals surface area contributed by atoms with E-state index in [1.165, 1.54) is 19.4 Å². The number of aliphatic imine (C=N–C) groups is 1. The Morgan fingerprint density at radius 2 is 2.11 bits per heavy atom. The maximum Gasteiger partial charge on any atom is 0.407 e. The number of hydrogen-bond acceptors (Lipinski definition) is 8. The molecule has 1 heterocycles. The first kappa shape index (κ1) is 26.8. The van der Waals surface area contributed by atoms with E-state index in [0.717, 1.165) is 25.0 Å². The molecular formula is C25H35N5O6. The van der Waals surface area contributed by atoms with Gasteiger partial charge in [0, 0.05) is 48.6 Å². The number of hydrogen-bond donors (Lipinski definition) is 4. The van der Waals surface area contributed by atoms with Gasteiger partial charge in [-0.25, -0.2) is 4.79 Å². The molecule has 1 aliphatic carbocycles. The molecule has 2 amide bonds. The van der Waals surface area contributed by atoms with Crippen LogP contribution in [0.3, 0.4) is 0 Å². The van der Waals surface area contributed by atoms with E-state index in [0.29, 0.717) is 30.1 Å². The number of benzene rings is 1. The maximum atomic E-state index is 12.5. The van der Waals surface area contributed by atoms with E-state index in [9.17, 15) is 14.7 Å². The number of aromatic amines is 1. The first-order chi connectivity index (χ1) is 17.3. The van der Waals surface area contributed by atoms with Crippen molar-refractivity contribution < 1.29 is 28.9 Å². The number of phenols is 1. The molecule has 196 valence electrons. The number of anilines is 1. The van der Waals surface area contributed by atoms with Crippen LogP contribution in [0.15, 0.2) is 23.2 Å². The van der Waals surface area contributed by atoms with Crippen LogP contribution in [0, 0.1) is 0 Å². The van der Waals surface area contributed by atoms with E-state index in [2.05, 4.69) is 25.8 Å². The van der Waals surface area contributed by atoms with Crippen molar-refractivity contribution in [3.05, 3.63) is 29.5 Å². The lowest BCUT2D eigenvalue weighted by atomic mass is 10.0. The van der Waals surface area contributed by atoms with Gasteiger partial charge in [-0.3, -0.25) is 14.9 Å². The number of phenolic OH excluding ortho intramolecular Hbond substituents is 1. The maximum absolute atomic E-state index is 12.5. The smallest absolute Gasteiger partial charge is 0.407 e. The highest BCUT2D eigenvalue weighted by atomic mass is 16.6. The van der Waals surface area contributed by atoms with Crippen LogP contribution in [0.1, 0.15) is 63.6 Å². The van der Waals surface area contributed by atoms with Crippen molar-refractivity contribution in [1.29, 1.82) is 0 Å². The summed E-state index contributed by atoms with van der Waals surface area (Å²) in [6.45, 7) is 6.06. The number of aromatic hydroxyl groups is 1. The van der Waals surface area contributed by atoms with Gasteiger partial charge in [-0.15, -0.1) is 0 Å². The molecule has 2 aromatic rings. The minimum absolute atomic E-state index is 0.0212. The summed E-state index contributed by atoms with van der Waals surface area (Å²) in [5.74, 6) is 0.739. The van der Waals surface area contributed by atoms with E-state index in [4.69, 9.17) is 14.2 Å². The van der Waals surface area contributed by atoms with Gasteiger partial charge >= 0.3 is 6.09 Å². The molecule has 4 N–H and O–H groups in total. The molecule has 0 saturated heterocycles. The Labute approximate surface area is 210 Å². The average Bonchev–Trinajstić information content (AvgIpc) is 3.47. The van der Waals surface area contributed by atoms with Crippen LogP contribution in [0.2, 0.25) is 0 Å². The minimum Gasteiger partial charge on any atom is -0.507 e. The van der Waals surface area contributed by atoms with Crippen molar-refractivity contribution in [3.63, 3.8) is 0 Å². The third-order valence-corrected chi connectivity index (χ3v) is 5.63. The van der Waals surface area contributed by atoms with Crippen LogP contribution in [-0.2, 0) is 9.53 Å². The Hall–Kier alpha value is -3.76. The molecule has 0 spiro atoms. The second-order valence-electron chi connectivity index (χ2n) is 8.98. The predicted octanol–water partition coefficient (Wildman–Crippen LogP) is 3.74. The Balaban J connectivity index is 1.55. The van der Waals surface area contributed by atoms with Gasteiger partial charge in [0.2, 0.25) is 0 Å². The van der Waals surface area contributed by atoms with E-state index in [1.807, 2.05) is 20.8 Å². The van der Waals surface area contributed by atoms with E-state index >= 15 is 0 Å². The number of methoxy groups -OCH3 is 1. The quantitative estimate of drug-likeness (QED) is 0.343. The number of nitrogens with zero attached hydrogens (tertiary/aromatic N) is 2. The van der Waals surface area contributed by atoms with Crippen LogP contribution in [0.5, 0.6) is 17.2 Å². The molecule has 0 aliphatic heterocycles. The van der Waals surface area contributed by atoms with Gasteiger partial charge < -0.3 is 30.0 Å². The van der Waals surface area contributed by atoms with Gasteiger partial charge in [0.1, 0.15) is 23.4 Å². The minimum atomic E-state index is -0.412. The normalized spacial score (nSPS) is 17.4. The van der Waals surface area contributed by atoms with Crippen molar-refractivity contribution in [1.82, 2.24) is 15.5 Å². The standard InChI is InChI=1S/C25H35N5O6/c1-5-8-26-13-19-21(31)10-18(34-4)11-22(19)35-14-24(32)28-23-12-20(29-30-23)16-6-7-17(9-16)36-25(33)27-15(2)3/h10-13,15-17,31H,5-9,14H2,1-4H3,(H,27,33)(H2,28,29,30,32)/t16?,17-/m1/s1. The van der Waals surface area contributed by atoms with E-state index in [-0.39, 0.29) is 36.2 Å². The van der Waals surface area contributed by atoms with Crippen molar-refractivity contribution in [2.45, 2.75) is 64.5 Å². The molecule has 1 aromatic carbocycles. The molecule has 1 unspecified atom stereocenters. The van der Waals surface area contributed by atoms with Crippen molar-refractivity contribution >= 4 is 24.0 Å². The molecule has 11 nitrogen and oxygen atoms in total. The monoisotopic (exact) mass is 501 g/mol. The van der Waals surface area contributed by atoms with Crippen LogP contribution in [-0.4, -0.2) is 65.9 Å². The number of ether oxygens (including phenoxy) is 3. The lowest BCUT2D eigenvalue weighted by molar-refractivity contribution is -0.118. The topological polar surface area (TPSA) is 147 Å². The van der Waals surface area contributed by atoms with Crippen molar-refractivity contribution in [2.24, 2.45) is 4.99 Å². The Morgan fingerprint density at radius 3 is 2.83 bits per heavy atom. The van der Waals surface area contributed by atoms with Crippen LogP contribution >= 0.6 is 0 Å². The summed E-state index contributed by atoms with van der Waals surface area (Å²) in [6.07, 6.45) is 4.12. The predicted molar refractivity (Wildman–Crippen MR) is 135 cm³/mol. The van der Waals surface area contributed by atoms with Gasteiger partial charge in [0.05, 0.1) is 12.7 Å². The number of carbonyl (C=O) groups excluding carboxylic acids is 2. The highest BCUT2D eigenvalue weighted by Gasteiger charge is 2.30. The van der Waals surface area contributed by atoms with Gasteiger partial charge in [-0.05, 0) is 39.5 Å². The molecule has 11 heteroatoms. The second-order valence-corrected chi connectivity index (χ2v) is 8.98. The number of amides is 2. The van der Waals surface area contributed by atoms with Crippen molar-refractivity contribution in [3.8, 4) is 17.2 Å². The molecule has 2 atom stereocenters. The number of rotatable bonds is 11. The lowest BCUT2D eigenvalue weighted by Crippen LogP contribution is -2.33. The van der Waals surface area contributed by atoms with Crippen LogP contribution in [0.25, 0.3) is 0 Å². The Bertz CT molecular complexity index is 1070. The molecule has 36 heavy (non-hydrogen) atoms. The zero-order chi connectivity index (χ0) is 26.1. The number of aromatic nitrogens is 2. The summed E-state index contributed by atoms with van der Waals surface area (Å²) in [5.41, 5.74) is 1.24.